The van der Waals surface area contributed by atoms with Crippen LogP contribution in [0.4, 0.5) is 0 Å². The fraction of sp³-hybridized carbons (Fsp3) is 0.308. The van der Waals surface area contributed by atoms with Crippen LogP contribution in [0.5, 0.6) is 23.1 Å². The second kappa shape index (κ2) is 11.1. The van der Waals surface area contributed by atoms with Crippen molar-refractivity contribution in [3.05, 3.63) is 53.5 Å². The number of ether oxygens (including phenoxy) is 4. The van der Waals surface area contributed by atoms with Gasteiger partial charge in [-0.15, -0.1) is 11.3 Å². The normalized spacial score (nSPS) is 11.1. The lowest BCUT2D eigenvalue weighted by Crippen LogP contribution is -2.06. The number of carboxylic acid groups (broad SMARTS) is 1. The number of nitrogens with one attached hydrogen (secondary N) is 1. The molecule has 0 fully saturated rings. The highest BCUT2D eigenvalue weighted by Gasteiger charge is 2.12. The lowest BCUT2D eigenvalue weighted by molar-refractivity contribution is -0.136. The molecule has 0 unspecified atom stereocenters. The number of benzene rings is 2. The molecule has 2 N–H and O–H groups in total. The summed E-state index contributed by atoms with van der Waals surface area (Å²) in [4.78, 5) is 18.5. The topological polar surface area (TPSA) is 103 Å². The monoisotopic (exact) mass is 496 g/mol. The minimum atomic E-state index is -0.868. The second-order valence-corrected chi connectivity index (χ2v) is 9.05. The molecule has 0 aliphatic carbocycles. The van der Waals surface area contributed by atoms with Gasteiger partial charge in [0.05, 0.1) is 38.2 Å². The molecule has 9 heteroatoms. The van der Waals surface area contributed by atoms with Crippen molar-refractivity contribution in [3.8, 4) is 33.7 Å². The molecule has 0 aliphatic rings. The van der Waals surface area contributed by atoms with Crippen molar-refractivity contribution in [2.24, 2.45) is 0 Å². The number of fused-ring (bicyclic) bond motifs is 1. The number of H-pyrrole nitrogens is 1. The van der Waals surface area contributed by atoms with Crippen LogP contribution in [0.3, 0.4) is 0 Å². The maximum absolute atomic E-state index is 10.9. The van der Waals surface area contributed by atoms with Gasteiger partial charge in [0, 0.05) is 28.6 Å². The minimum Gasteiger partial charge on any atom is -0.493 e. The van der Waals surface area contributed by atoms with Crippen LogP contribution in [0.15, 0.2) is 47.8 Å². The molecule has 4 rings (SSSR count). The van der Waals surface area contributed by atoms with Crippen molar-refractivity contribution in [1.82, 2.24) is 9.97 Å². The zero-order valence-corrected chi connectivity index (χ0v) is 20.7. The molecule has 0 aliphatic heterocycles. The van der Waals surface area contributed by atoms with Gasteiger partial charge in [-0.2, -0.15) is 0 Å². The molecule has 0 amide bonds. The van der Waals surface area contributed by atoms with Gasteiger partial charge in [0.1, 0.15) is 10.8 Å². The first-order valence-corrected chi connectivity index (χ1v) is 12.2. The fourth-order valence-corrected chi connectivity index (χ4v) is 4.28. The second-order valence-electron chi connectivity index (χ2n) is 8.19. The lowest BCUT2D eigenvalue weighted by Gasteiger charge is -2.12. The Labute approximate surface area is 207 Å². The van der Waals surface area contributed by atoms with E-state index in [4.69, 9.17) is 24.1 Å². The highest BCUT2D eigenvalue weighted by atomic mass is 32.1. The molecule has 0 bridgehead atoms. The predicted molar refractivity (Wildman–Crippen MR) is 135 cm³/mol. The minimum absolute atomic E-state index is 0.0376. The fourth-order valence-electron chi connectivity index (χ4n) is 3.56. The van der Waals surface area contributed by atoms with Crippen molar-refractivity contribution >= 4 is 28.2 Å². The standard InChI is InChI=1S/C26H28N2O6S/c1-16(2)34-24-15-35-26(28-24)17-5-8-22(23(13-17)31-3)33-10-4-9-32-20-6-7-21-18(12-20)11-19(27-21)14-25(29)30/h5-8,11-13,15-16,27H,4,9-10,14H2,1-3H3,(H,29,30). The molecule has 2 heterocycles. The third kappa shape index (κ3) is 6.45. The maximum atomic E-state index is 10.9. The molecule has 0 atom stereocenters. The quantitative estimate of drug-likeness (QED) is 0.247. The molecular formula is C26H28N2O6S. The van der Waals surface area contributed by atoms with Crippen LogP contribution in [0.2, 0.25) is 0 Å². The summed E-state index contributed by atoms with van der Waals surface area (Å²) < 4.78 is 22.9. The number of aliphatic carboxylic acids is 1. The molecule has 2 aromatic carbocycles. The van der Waals surface area contributed by atoms with E-state index >= 15 is 0 Å². The molecule has 35 heavy (non-hydrogen) atoms. The number of hydrogen-bond acceptors (Lipinski definition) is 7. The van der Waals surface area contributed by atoms with Gasteiger partial charge in [-0.05, 0) is 56.3 Å². The molecule has 0 spiro atoms. The molecule has 0 radical (unpaired) electrons. The lowest BCUT2D eigenvalue weighted by atomic mass is 10.2. The SMILES string of the molecule is COc1cc(-c2nc(OC(C)C)cs2)ccc1OCCCOc1ccc2[nH]c(CC(=O)O)cc2c1. The van der Waals surface area contributed by atoms with E-state index in [1.165, 1.54) is 11.3 Å². The Morgan fingerprint density at radius 1 is 1.09 bits per heavy atom. The zero-order chi connectivity index (χ0) is 24.8. The summed E-state index contributed by atoms with van der Waals surface area (Å²) in [6.45, 7) is 4.89. The first-order valence-electron chi connectivity index (χ1n) is 11.3. The number of carboxylic acids is 1. The number of rotatable bonds is 12. The largest absolute Gasteiger partial charge is 0.493 e. The van der Waals surface area contributed by atoms with E-state index in [0.29, 0.717) is 42.7 Å². The highest BCUT2D eigenvalue weighted by molar-refractivity contribution is 7.13. The van der Waals surface area contributed by atoms with Crippen molar-refractivity contribution in [2.75, 3.05) is 20.3 Å². The van der Waals surface area contributed by atoms with Gasteiger partial charge in [0.2, 0.25) is 5.88 Å². The maximum Gasteiger partial charge on any atom is 0.309 e. The van der Waals surface area contributed by atoms with Crippen LogP contribution in [0.1, 0.15) is 26.0 Å². The Bertz CT molecular complexity index is 1300. The number of nitrogens with zero attached hydrogens (tertiary/aromatic N) is 1. The zero-order valence-electron chi connectivity index (χ0n) is 19.9. The first kappa shape index (κ1) is 24.4. The van der Waals surface area contributed by atoms with E-state index in [0.717, 1.165) is 27.2 Å². The van der Waals surface area contributed by atoms with Crippen LogP contribution in [0, 0.1) is 0 Å². The van der Waals surface area contributed by atoms with Crippen molar-refractivity contribution in [2.45, 2.75) is 32.8 Å². The van der Waals surface area contributed by atoms with Crippen LogP contribution in [-0.2, 0) is 11.2 Å². The predicted octanol–water partition coefficient (Wildman–Crippen LogP) is 5.56. The molecule has 4 aromatic rings. The van der Waals surface area contributed by atoms with E-state index in [2.05, 4.69) is 9.97 Å². The molecular weight excluding hydrogens is 468 g/mol. The van der Waals surface area contributed by atoms with Crippen LogP contribution < -0.4 is 18.9 Å². The summed E-state index contributed by atoms with van der Waals surface area (Å²) in [6.07, 6.45) is 0.722. The van der Waals surface area contributed by atoms with Gasteiger partial charge < -0.3 is 29.0 Å². The number of carbonyl (C=O) groups is 1. The molecule has 0 saturated carbocycles. The number of aromatic nitrogens is 2. The van der Waals surface area contributed by atoms with Crippen molar-refractivity contribution in [3.63, 3.8) is 0 Å². The Morgan fingerprint density at radius 3 is 2.69 bits per heavy atom. The summed E-state index contributed by atoms with van der Waals surface area (Å²) in [6, 6.07) is 13.2. The van der Waals surface area contributed by atoms with Crippen LogP contribution in [-0.4, -0.2) is 47.5 Å². The number of hydrogen-bond donors (Lipinski definition) is 2. The summed E-state index contributed by atoms with van der Waals surface area (Å²) in [5, 5.41) is 12.6. The Kier molecular flexibility index (Phi) is 7.77. The Morgan fingerprint density at radius 2 is 1.91 bits per heavy atom. The average molecular weight is 497 g/mol. The van der Waals surface area contributed by atoms with Gasteiger partial charge in [-0.3, -0.25) is 4.79 Å². The summed E-state index contributed by atoms with van der Waals surface area (Å²) in [5.41, 5.74) is 2.49. The Balaban J connectivity index is 1.29. The van der Waals surface area contributed by atoms with E-state index in [1.54, 1.807) is 7.11 Å². The highest BCUT2D eigenvalue weighted by Crippen LogP contribution is 2.35. The average Bonchev–Trinajstić information content (AvgIpc) is 3.44. The molecule has 0 saturated heterocycles. The summed E-state index contributed by atoms with van der Waals surface area (Å²) in [7, 11) is 1.61. The van der Waals surface area contributed by atoms with Gasteiger partial charge in [0.25, 0.3) is 0 Å². The number of thiazole rings is 1. The van der Waals surface area contributed by atoms with E-state index < -0.39 is 5.97 Å². The van der Waals surface area contributed by atoms with Crippen LogP contribution >= 0.6 is 11.3 Å². The summed E-state index contributed by atoms with van der Waals surface area (Å²) in [5.74, 6) is 1.78. The van der Waals surface area contributed by atoms with E-state index in [-0.39, 0.29) is 12.5 Å². The summed E-state index contributed by atoms with van der Waals surface area (Å²) >= 11 is 1.52. The Hall–Kier alpha value is -3.72. The smallest absolute Gasteiger partial charge is 0.309 e. The van der Waals surface area contributed by atoms with E-state index in [1.807, 2.05) is 61.7 Å². The van der Waals surface area contributed by atoms with Gasteiger partial charge in [-0.1, -0.05) is 0 Å². The van der Waals surface area contributed by atoms with Crippen molar-refractivity contribution in [1.29, 1.82) is 0 Å². The van der Waals surface area contributed by atoms with Crippen molar-refractivity contribution < 1.29 is 28.8 Å². The first-order chi connectivity index (χ1) is 16.9. The van der Waals surface area contributed by atoms with Gasteiger partial charge >= 0.3 is 5.97 Å². The third-order valence-corrected chi connectivity index (χ3v) is 5.92. The van der Waals surface area contributed by atoms with Gasteiger partial charge in [-0.25, -0.2) is 4.98 Å². The third-order valence-electron chi connectivity index (χ3n) is 5.05. The van der Waals surface area contributed by atoms with Gasteiger partial charge in [0.15, 0.2) is 11.5 Å². The molecule has 184 valence electrons. The van der Waals surface area contributed by atoms with E-state index in [9.17, 15) is 4.79 Å². The molecule has 8 nitrogen and oxygen atoms in total. The molecule has 2 aromatic heterocycles. The van der Waals surface area contributed by atoms with Crippen LogP contribution in [0.25, 0.3) is 21.5 Å². The number of aromatic amines is 1. The number of methoxy groups -OCH3 is 1.